The van der Waals surface area contributed by atoms with Gasteiger partial charge in [0.05, 0.1) is 5.75 Å². The first kappa shape index (κ1) is 10.9. The molecule has 1 aromatic heterocycles. The van der Waals surface area contributed by atoms with Crippen molar-refractivity contribution in [2.24, 2.45) is 0 Å². The minimum absolute atomic E-state index is 0.115. The normalized spacial score (nSPS) is 11.8. The van der Waals surface area contributed by atoms with Crippen molar-refractivity contribution in [1.82, 2.24) is 0 Å². The largest absolute Gasteiger partial charge is 0.422 e. The van der Waals surface area contributed by atoms with Gasteiger partial charge >= 0.3 is 5.63 Å². The van der Waals surface area contributed by atoms with Crippen LogP contribution in [0.1, 0.15) is 6.92 Å². The Morgan fingerprint density at radius 1 is 1.25 bits per heavy atom. The molecular formula is C11H10O4S. The molecule has 0 amide bonds. The van der Waals surface area contributed by atoms with E-state index in [4.69, 9.17) is 4.42 Å². The SMILES string of the molecule is CCS(=O)(=O)c1cc2ccccc2oc1=O. The number of hydrogen-bond acceptors (Lipinski definition) is 4. The molecule has 0 unspecified atom stereocenters. The molecule has 0 atom stereocenters. The van der Waals surface area contributed by atoms with Gasteiger partial charge < -0.3 is 4.42 Å². The zero-order valence-corrected chi connectivity index (χ0v) is 9.45. The van der Waals surface area contributed by atoms with E-state index >= 15 is 0 Å². The molecule has 2 aromatic rings. The topological polar surface area (TPSA) is 64.3 Å². The van der Waals surface area contributed by atoms with Crippen LogP contribution in [-0.4, -0.2) is 14.2 Å². The van der Waals surface area contributed by atoms with Crippen LogP contribution < -0.4 is 5.63 Å². The zero-order valence-electron chi connectivity index (χ0n) is 8.64. The van der Waals surface area contributed by atoms with E-state index in [9.17, 15) is 13.2 Å². The van der Waals surface area contributed by atoms with E-state index in [1.807, 2.05) is 0 Å². The van der Waals surface area contributed by atoms with Gasteiger partial charge in [0.2, 0.25) is 0 Å². The Balaban J connectivity index is 2.83. The Kier molecular flexibility index (Phi) is 2.55. The summed E-state index contributed by atoms with van der Waals surface area (Å²) >= 11 is 0. The number of sulfone groups is 1. The predicted octanol–water partition coefficient (Wildman–Crippen LogP) is 1.59. The highest BCUT2D eigenvalue weighted by molar-refractivity contribution is 7.91. The van der Waals surface area contributed by atoms with Gasteiger partial charge in [-0.2, -0.15) is 0 Å². The molecule has 84 valence electrons. The van der Waals surface area contributed by atoms with Crippen molar-refractivity contribution in [3.8, 4) is 0 Å². The van der Waals surface area contributed by atoms with Crippen LogP contribution in [0.3, 0.4) is 0 Å². The van der Waals surface area contributed by atoms with Crippen LogP contribution in [0.15, 0.2) is 44.4 Å². The van der Waals surface area contributed by atoms with Gasteiger partial charge in [0.1, 0.15) is 5.58 Å². The molecule has 5 heteroatoms. The van der Waals surface area contributed by atoms with Gasteiger partial charge in [-0.3, -0.25) is 0 Å². The minimum Gasteiger partial charge on any atom is -0.422 e. The van der Waals surface area contributed by atoms with Crippen LogP contribution in [0.5, 0.6) is 0 Å². The van der Waals surface area contributed by atoms with Crippen molar-refractivity contribution in [1.29, 1.82) is 0 Å². The van der Waals surface area contributed by atoms with E-state index in [0.717, 1.165) is 0 Å². The first-order valence-corrected chi connectivity index (χ1v) is 6.45. The van der Waals surface area contributed by atoms with E-state index in [0.29, 0.717) is 11.0 Å². The van der Waals surface area contributed by atoms with E-state index < -0.39 is 15.5 Å². The quantitative estimate of drug-likeness (QED) is 0.745. The third-order valence-electron chi connectivity index (χ3n) is 2.32. The van der Waals surface area contributed by atoms with Crippen molar-refractivity contribution in [2.45, 2.75) is 11.8 Å². The molecule has 0 N–H and O–H groups in total. The summed E-state index contributed by atoms with van der Waals surface area (Å²) in [5, 5.41) is 0.606. The summed E-state index contributed by atoms with van der Waals surface area (Å²) in [5.41, 5.74) is -0.414. The Bertz CT molecular complexity index is 682. The van der Waals surface area contributed by atoms with E-state index in [1.165, 1.54) is 13.0 Å². The van der Waals surface area contributed by atoms with Crippen LogP contribution >= 0.6 is 0 Å². The number of fused-ring (bicyclic) bond motifs is 1. The summed E-state index contributed by atoms with van der Waals surface area (Å²) in [7, 11) is -3.53. The molecule has 0 aliphatic heterocycles. The van der Waals surface area contributed by atoms with Crippen LogP contribution in [0.2, 0.25) is 0 Å². The minimum atomic E-state index is -3.53. The van der Waals surface area contributed by atoms with Crippen LogP contribution in [0.25, 0.3) is 11.0 Å². The molecule has 0 fully saturated rings. The van der Waals surface area contributed by atoms with Crippen molar-refractivity contribution in [3.63, 3.8) is 0 Å². The van der Waals surface area contributed by atoms with Gasteiger partial charge in [-0.05, 0) is 12.1 Å². The average molecular weight is 238 g/mol. The maximum Gasteiger partial charge on any atom is 0.355 e. The fraction of sp³-hybridized carbons (Fsp3) is 0.182. The summed E-state index contributed by atoms with van der Waals surface area (Å²) in [6, 6.07) is 8.16. The Morgan fingerprint density at radius 2 is 1.94 bits per heavy atom. The Morgan fingerprint density at radius 3 is 2.62 bits per heavy atom. The summed E-state index contributed by atoms with van der Waals surface area (Å²) in [5.74, 6) is -0.115. The molecule has 0 saturated heterocycles. The average Bonchev–Trinajstić information content (AvgIpc) is 2.28. The van der Waals surface area contributed by atoms with Gasteiger partial charge in [-0.15, -0.1) is 0 Å². The molecule has 16 heavy (non-hydrogen) atoms. The first-order chi connectivity index (χ1) is 7.54. The molecule has 0 radical (unpaired) electrons. The lowest BCUT2D eigenvalue weighted by atomic mass is 10.2. The monoisotopic (exact) mass is 238 g/mol. The lowest BCUT2D eigenvalue weighted by Gasteiger charge is -2.01. The zero-order chi connectivity index (χ0) is 11.8. The smallest absolute Gasteiger partial charge is 0.355 e. The number of benzene rings is 1. The summed E-state index contributed by atoms with van der Waals surface area (Å²) in [4.78, 5) is 11.2. The van der Waals surface area contributed by atoms with Gasteiger partial charge in [0.25, 0.3) is 0 Å². The molecule has 0 saturated carbocycles. The third-order valence-corrected chi connectivity index (χ3v) is 4.04. The van der Waals surface area contributed by atoms with Crippen molar-refractivity contribution < 1.29 is 12.8 Å². The van der Waals surface area contributed by atoms with Crippen molar-refractivity contribution in [2.75, 3.05) is 5.75 Å². The maximum atomic E-state index is 11.6. The molecule has 1 aromatic carbocycles. The highest BCUT2D eigenvalue weighted by Crippen LogP contribution is 2.15. The molecule has 4 nitrogen and oxygen atoms in total. The van der Waals surface area contributed by atoms with Crippen molar-refractivity contribution >= 4 is 20.8 Å². The molecule has 1 heterocycles. The standard InChI is InChI=1S/C11H10O4S/c1-2-16(13,14)10-7-8-5-3-4-6-9(8)15-11(10)12/h3-7H,2H2,1H3. The van der Waals surface area contributed by atoms with Crippen LogP contribution in [0.4, 0.5) is 0 Å². The second-order valence-corrected chi connectivity index (χ2v) is 5.59. The number of para-hydroxylation sites is 1. The molecular weight excluding hydrogens is 228 g/mol. The van der Waals surface area contributed by atoms with Crippen LogP contribution in [-0.2, 0) is 9.84 Å². The molecule has 0 bridgehead atoms. The summed E-state index contributed by atoms with van der Waals surface area (Å²) in [6.45, 7) is 1.49. The Labute approximate surface area is 92.4 Å². The second-order valence-electron chi connectivity index (χ2n) is 3.34. The third kappa shape index (κ3) is 1.74. The van der Waals surface area contributed by atoms with E-state index in [1.54, 1.807) is 24.3 Å². The maximum absolute atomic E-state index is 11.6. The molecule has 0 aliphatic carbocycles. The van der Waals surface area contributed by atoms with Crippen LogP contribution in [0, 0.1) is 0 Å². The summed E-state index contributed by atoms with van der Waals surface area (Å²) < 4.78 is 28.2. The first-order valence-electron chi connectivity index (χ1n) is 4.80. The Hall–Kier alpha value is -1.62. The predicted molar refractivity (Wildman–Crippen MR) is 60.2 cm³/mol. The highest BCUT2D eigenvalue weighted by atomic mass is 32.2. The number of rotatable bonds is 2. The van der Waals surface area contributed by atoms with E-state index in [-0.39, 0.29) is 10.6 Å². The fourth-order valence-corrected chi connectivity index (χ4v) is 2.33. The lowest BCUT2D eigenvalue weighted by molar-refractivity contribution is 0.533. The lowest BCUT2D eigenvalue weighted by Crippen LogP contribution is -2.15. The molecule has 0 aliphatic rings. The summed E-state index contributed by atoms with van der Waals surface area (Å²) in [6.07, 6.45) is 0. The van der Waals surface area contributed by atoms with E-state index in [2.05, 4.69) is 0 Å². The molecule has 0 spiro atoms. The fourth-order valence-electron chi connectivity index (χ4n) is 1.42. The van der Waals surface area contributed by atoms with Crippen molar-refractivity contribution in [3.05, 3.63) is 40.8 Å². The van der Waals surface area contributed by atoms with Gasteiger partial charge in [0, 0.05) is 5.39 Å². The van der Waals surface area contributed by atoms with Gasteiger partial charge in [-0.25, -0.2) is 13.2 Å². The highest BCUT2D eigenvalue weighted by Gasteiger charge is 2.18. The second kappa shape index (κ2) is 3.75. The molecule has 2 rings (SSSR count). The van der Waals surface area contributed by atoms with Gasteiger partial charge in [-0.1, -0.05) is 25.1 Å². The number of hydrogen-bond donors (Lipinski definition) is 0. The van der Waals surface area contributed by atoms with Gasteiger partial charge in [0.15, 0.2) is 14.7 Å².